The number of halogens is 2. The number of carbonyl (C=O) groups excluding carboxylic acids is 2. The fourth-order valence-corrected chi connectivity index (χ4v) is 4.94. The van der Waals surface area contributed by atoms with E-state index in [0.717, 1.165) is 18.4 Å². The smallest absolute Gasteiger partial charge is 0.329 e. The van der Waals surface area contributed by atoms with Gasteiger partial charge >= 0.3 is 12.0 Å². The summed E-state index contributed by atoms with van der Waals surface area (Å²) in [6, 6.07) is 11.6. The topological polar surface area (TPSA) is 131 Å². The second-order valence-corrected chi connectivity index (χ2v) is 9.96. The Morgan fingerprint density at radius 2 is 1.62 bits per heavy atom. The molecule has 4 N–H and O–H groups in total. The predicted molar refractivity (Wildman–Crippen MR) is 145 cm³/mol. The molecule has 3 amide bonds. The van der Waals surface area contributed by atoms with E-state index in [1.807, 2.05) is 30.3 Å². The summed E-state index contributed by atoms with van der Waals surface area (Å²) in [4.78, 5) is 39.0. The van der Waals surface area contributed by atoms with E-state index < -0.39 is 48.3 Å². The van der Waals surface area contributed by atoms with E-state index in [4.69, 9.17) is 15.2 Å². The van der Waals surface area contributed by atoms with Crippen LogP contribution in [0.25, 0.3) is 0 Å². The van der Waals surface area contributed by atoms with Crippen LogP contribution in [0, 0.1) is 0 Å². The van der Waals surface area contributed by atoms with Gasteiger partial charge in [-0.25, -0.2) is 18.4 Å². The number of carboxylic acid groups (broad SMARTS) is 1. The number of carbonyl (C=O) groups is 3. The van der Waals surface area contributed by atoms with Crippen LogP contribution in [0.4, 0.5) is 13.6 Å². The number of nitrogens with two attached hydrogens (primary N) is 1. The molecule has 1 aliphatic rings. The molecule has 0 heterocycles. The first-order valence-corrected chi connectivity index (χ1v) is 13.4. The summed E-state index contributed by atoms with van der Waals surface area (Å²) in [6.07, 6.45) is 0.115. The molecule has 2 aromatic carbocycles. The summed E-state index contributed by atoms with van der Waals surface area (Å²) >= 11 is 0. The van der Waals surface area contributed by atoms with E-state index in [1.54, 1.807) is 32.9 Å². The number of nitrogens with one attached hydrogen (secondary N) is 1. The SMILES string of the molecule is CCOc1cc(C(C)N(CCCCc2ccccc2)C(=O)NC2(C(=O)O)CC(F)(F)C2)cc(OCC)c1C(N)=O. The normalized spacial score (nSPS) is 15.8. The number of hydrogen-bond donors (Lipinski definition) is 3. The second kappa shape index (κ2) is 13.0. The van der Waals surface area contributed by atoms with Crippen LogP contribution >= 0.6 is 0 Å². The lowest BCUT2D eigenvalue weighted by molar-refractivity contribution is -0.175. The minimum atomic E-state index is -3.17. The zero-order valence-corrected chi connectivity index (χ0v) is 23.0. The van der Waals surface area contributed by atoms with Gasteiger partial charge in [0.1, 0.15) is 17.1 Å². The number of ether oxygens (including phenoxy) is 2. The van der Waals surface area contributed by atoms with Gasteiger partial charge in [0.05, 0.1) is 19.3 Å². The maximum atomic E-state index is 13.7. The number of amides is 3. The van der Waals surface area contributed by atoms with Crippen LogP contribution in [-0.4, -0.2) is 59.1 Å². The molecule has 1 fully saturated rings. The van der Waals surface area contributed by atoms with Crippen LogP contribution in [0.15, 0.2) is 42.5 Å². The first-order chi connectivity index (χ1) is 18.9. The van der Waals surface area contributed by atoms with Gasteiger partial charge in [-0.15, -0.1) is 0 Å². The van der Waals surface area contributed by atoms with Crippen molar-refractivity contribution in [1.29, 1.82) is 0 Å². The highest BCUT2D eigenvalue weighted by atomic mass is 19.3. The van der Waals surface area contributed by atoms with Crippen LogP contribution < -0.4 is 20.5 Å². The van der Waals surface area contributed by atoms with E-state index >= 15 is 0 Å². The van der Waals surface area contributed by atoms with Crippen molar-refractivity contribution in [1.82, 2.24) is 10.2 Å². The molecule has 1 aliphatic carbocycles. The molecule has 2 aromatic rings. The molecule has 9 nitrogen and oxygen atoms in total. The summed E-state index contributed by atoms with van der Waals surface area (Å²) in [5, 5.41) is 12.0. The minimum Gasteiger partial charge on any atom is -0.493 e. The molecule has 218 valence electrons. The summed E-state index contributed by atoms with van der Waals surface area (Å²) in [5.74, 6) is -5.04. The number of carboxylic acids is 1. The first kappa shape index (κ1) is 30.6. The molecule has 0 bridgehead atoms. The molecule has 0 radical (unpaired) electrons. The quantitative estimate of drug-likeness (QED) is 0.280. The molecule has 11 heteroatoms. The lowest BCUT2D eigenvalue weighted by Gasteiger charge is -2.45. The average molecular weight is 562 g/mol. The molecular formula is C29H37F2N3O6. The lowest BCUT2D eigenvalue weighted by atomic mass is 9.73. The number of unbranched alkanes of at least 4 members (excludes halogenated alkanes) is 1. The highest BCUT2D eigenvalue weighted by Gasteiger charge is 2.62. The molecule has 40 heavy (non-hydrogen) atoms. The van der Waals surface area contributed by atoms with Crippen LogP contribution in [0.2, 0.25) is 0 Å². The molecule has 1 atom stereocenters. The van der Waals surface area contributed by atoms with Gasteiger partial charge in [-0.1, -0.05) is 30.3 Å². The number of alkyl halides is 2. The Labute approximate surface area is 232 Å². The van der Waals surface area contributed by atoms with Crippen molar-refractivity contribution in [2.75, 3.05) is 19.8 Å². The van der Waals surface area contributed by atoms with Crippen molar-refractivity contribution in [2.24, 2.45) is 5.73 Å². The standard InChI is InChI=1S/C29H37F2N3O6/c1-4-39-22-15-21(16-23(40-5-2)24(22)25(32)35)19(3)34(14-10-9-13-20-11-7-6-8-12-20)27(38)33-28(26(36)37)17-29(30,31)18-28/h6-8,11-12,15-16,19H,4-5,9-10,13-14,17-18H2,1-3H3,(H2,32,35)(H,33,38)(H,36,37). The van der Waals surface area contributed by atoms with E-state index in [2.05, 4.69) is 5.32 Å². The summed E-state index contributed by atoms with van der Waals surface area (Å²) in [5.41, 5.74) is 5.29. The Balaban J connectivity index is 1.91. The number of primary amides is 1. The number of aryl methyl sites for hydroxylation is 1. The van der Waals surface area contributed by atoms with Crippen molar-refractivity contribution in [3.8, 4) is 11.5 Å². The summed E-state index contributed by atoms with van der Waals surface area (Å²) in [7, 11) is 0. The molecule has 0 aromatic heterocycles. The number of benzene rings is 2. The molecule has 3 rings (SSSR count). The number of aliphatic carboxylic acids is 1. The molecular weight excluding hydrogens is 524 g/mol. The van der Waals surface area contributed by atoms with E-state index in [-0.39, 0.29) is 36.8 Å². The zero-order valence-electron chi connectivity index (χ0n) is 23.0. The van der Waals surface area contributed by atoms with E-state index in [0.29, 0.717) is 12.0 Å². The summed E-state index contributed by atoms with van der Waals surface area (Å²) < 4.78 is 38.8. The Morgan fingerprint density at radius 3 is 2.10 bits per heavy atom. The third-order valence-electron chi connectivity index (χ3n) is 6.98. The number of urea groups is 1. The van der Waals surface area contributed by atoms with Crippen LogP contribution in [0.1, 0.15) is 74.0 Å². The zero-order chi connectivity index (χ0) is 29.5. The largest absolute Gasteiger partial charge is 0.493 e. The lowest BCUT2D eigenvalue weighted by Crippen LogP contribution is -2.68. The minimum absolute atomic E-state index is 0.0695. The number of hydrogen-bond acceptors (Lipinski definition) is 5. The average Bonchev–Trinajstić information content (AvgIpc) is 2.87. The van der Waals surface area contributed by atoms with Gasteiger partial charge in [-0.3, -0.25) is 4.79 Å². The highest BCUT2D eigenvalue weighted by molar-refractivity contribution is 5.98. The second-order valence-electron chi connectivity index (χ2n) is 9.96. The van der Waals surface area contributed by atoms with Crippen molar-refractivity contribution in [2.45, 2.75) is 70.4 Å². The van der Waals surface area contributed by atoms with E-state index in [1.165, 1.54) is 4.90 Å². The Bertz CT molecular complexity index is 1170. The Hall–Kier alpha value is -3.89. The van der Waals surface area contributed by atoms with Crippen molar-refractivity contribution >= 4 is 17.9 Å². The third kappa shape index (κ3) is 7.19. The third-order valence-corrected chi connectivity index (χ3v) is 6.98. The van der Waals surface area contributed by atoms with E-state index in [9.17, 15) is 28.3 Å². The van der Waals surface area contributed by atoms with Gasteiger partial charge in [0.25, 0.3) is 11.8 Å². The van der Waals surface area contributed by atoms with Gasteiger partial charge < -0.3 is 30.5 Å². The van der Waals surface area contributed by atoms with Gasteiger partial charge in [-0.05, 0) is 63.3 Å². The molecule has 0 aliphatic heterocycles. The highest BCUT2D eigenvalue weighted by Crippen LogP contribution is 2.46. The fourth-order valence-electron chi connectivity index (χ4n) is 4.94. The van der Waals surface area contributed by atoms with Gasteiger partial charge in [-0.2, -0.15) is 0 Å². The molecule has 0 spiro atoms. The fraction of sp³-hybridized carbons (Fsp3) is 0.483. The van der Waals surface area contributed by atoms with Crippen LogP contribution in [0.5, 0.6) is 11.5 Å². The van der Waals surface area contributed by atoms with Gasteiger partial charge in [0, 0.05) is 19.4 Å². The Kier molecular flexibility index (Phi) is 9.94. The maximum absolute atomic E-state index is 13.7. The Morgan fingerprint density at radius 1 is 1.05 bits per heavy atom. The summed E-state index contributed by atoms with van der Waals surface area (Å²) in [6.45, 7) is 5.91. The van der Waals surface area contributed by atoms with Gasteiger partial charge in [0.2, 0.25) is 0 Å². The van der Waals surface area contributed by atoms with Crippen LogP contribution in [0.3, 0.4) is 0 Å². The monoisotopic (exact) mass is 561 g/mol. The molecule has 0 saturated heterocycles. The molecule has 1 unspecified atom stereocenters. The van der Waals surface area contributed by atoms with Crippen molar-refractivity contribution in [3.63, 3.8) is 0 Å². The van der Waals surface area contributed by atoms with Crippen LogP contribution in [-0.2, 0) is 11.2 Å². The van der Waals surface area contributed by atoms with Gasteiger partial charge in [0.15, 0.2) is 5.54 Å². The predicted octanol–water partition coefficient (Wildman–Crippen LogP) is 4.93. The molecule has 1 saturated carbocycles. The number of rotatable bonds is 14. The van der Waals surface area contributed by atoms with Crippen molar-refractivity contribution in [3.05, 3.63) is 59.2 Å². The first-order valence-electron chi connectivity index (χ1n) is 13.4. The number of nitrogens with zero attached hydrogens (tertiary/aromatic N) is 1. The maximum Gasteiger partial charge on any atom is 0.329 e. The van der Waals surface area contributed by atoms with Crippen molar-refractivity contribution < 1.29 is 37.7 Å².